The molecule has 1 aromatic carbocycles. The van der Waals surface area contributed by atoms with Crippen LogP contribution in [-0.2, 0) is 11.2 Å². The summed E-state index contributed by atoms with van der Waals surface area (Å²) in [6.07, 6.45) is 0.749. The second kappa shape index (κ2) is 4.82. The highest BCUT2D eigenvalue weighted by molar-refractivity contribution is 5.67. The Bertz CT molecular complexity index is 369. The molecule has 0 amide bonds. The van der Waals surface area contributed by atoms with Crippen molar-refractivity contribution in [1.29, 1.82) is 0 Å². The Labute approximate surface area is 89.7 Å². The minimum absolute atomic E-state index is 0.173. The summed E-state index contributed by atoms with van der Waals surface area (Å²) in [4.78, 5) is 10.5. The molecule has 0 aromatic heterocycles. The number of methoxy groups -OCH3 is 1. The highest BCUT2D eigenvalue weighted by atomic mass is 16.5. The summed E-state index contributed by atoms with van der Waals surface area (Å²) >= 11 is 0. The summed E-state index contributed by atoms with van der Waals surface area (Å²) in [5.41, 5.74) is 3.21. The maximum atomic E-state index is 10.5. The van der Waals surface area contributed by atoms with Crippen LogP contribution in [0.1, 0.15) is 23.1 Å². The Morgan fingerprint density at radius 2 is 2.00 bits per heavy atom. The van der Waals surface area contributed by atoms with Crippen LogP contribution in [-0.4, -0.2) is 18.2 Å². The molecule has 3 heteroatoms. The number of carboxylic acids is 1. The minimum atomic E-state index is -0.761. The lowest BCUT2D eigenvalue weighted by molar-refractivity contribution is -0.136. The standard InChI is InChI=1S/C12H16O3/c1-8-7-11(15-3)9(2)6-10(8)4-5-12(13)14/h6-7H,4-5H2,1-3H3,(H,13,14). The molecule has 0 spiro atoms. The number of carbonyl (C=O) groups is 1. The van der Waals surface area contributed by atoms with Crippen molar-refractivity contribution in [2.24, 2.45) is 0 Å². The van der Waals surface area contributed by atoms with Gasteiger partial charge in [-0.25, -0.2) is 0 Å². The van der Waals surface area contributed by atoms with Crippen LogP contribution >= 0.6 is 0 Å². The van der Waals surface area contributed by atoms with Crippen LogP contribution in [0.5, 0.6) is 5.75 Å². The first-order chi connectivity index (χ1) is 7.04. The predicted molar refractivity (Wildman–Crippen MR) is 58.4 cm³/mol. The van der Waals surface area contributed by atoms with Gasteiger partial charge in [-0.1, -0.05) is 6.07 Å². The lowest BCUT2D eigenvalue weighted by atomic mass is 10.0. The van der Waals surface area contributed by atoms with E-state index in [0.717, 1.165) is 22.4 Å². The van der Waals surface area contributed by atoms with Gasteiger partial charge in [-0.05, 0) is 43.0 Å². The number of hydrogen-bond donors (Lipinski definition) is 1. The van der Waals surface area contributed by atoms with E-state index in [4.69, 9.17) is 9.84 Å². The number of aliphatic carboxylic acids is 1. The van der Waals surface area contributed by atoms with Crippen LogP contribution in [0.25, 0.3) is 0 Å². The van der Waals surface area contributed by atoms with E-state index >= 15 is 0 Å². The molecule has 0 aliphatic heterocycles. The topological polar surface area (TPSA) is 46.5 Å². The van der Waals surface area contributed by atoms with Gasteiger partial charge < -0.3 is 9.84 Å². The van der Waals surface area contributed by atoms with E-state index in [1.807, 2.05) is 26.0 Å². The Balaban J connectivity index is 2.90. The predicted octanol–water partition coefficient (Wildman–Crippen LogP) is 2.33. The monoisotopic (exact) mass is 208 g/mol. The van der Waals surface area contributed by atoms with Crippen LogP contribution in [0.15, 0.2) is 12.1 Å². The van der Waals surface area contributed by atoms with Crippen molar-refractivity contribution >= 4 is 5.97 Å². The van der Waals surface area contributed by atoms with Crippen molar-refractivity contribution in [3.63, 3.8) is 0 Å². The van der Waals surface area contributed by atoms with Crippen molar-refractivity contribution in [1.82, 2.24) is 0 Å². The zero-order chi connectivity index (χ0) is 11.4. The van der Waals surface area contributed by atoms with Crippen LogP contribution in [0, 0.1) is 13.8 Å². The molecule has 1 N–H and O–H groups in total. The van der Waals surface area contributed by atoms with E-state index in [1.54, 1.807) is 7.11 Å². The van der Waals surface area contributed by atoms with Gasteiger partial charge in [0, 0.05) is 6.42 Å². The van der Waals surface area contributed by atoms with Crippen LogP contribution < -0.4 is 4.74 Å². The van der Waals surface area contributed by atoms with Crippen molar-refractivity contribution in [3.05, 3.63) is 28.8 Å². The van der Waals surface area contributed by atoms with E-state index in [2.05, 4.69) is 0 Å². The van der Waals surface area contributed by atoms with Gasteiger partial charge in [-0.2, -0.15) is 0 Å². The van der Waals surface area contributed by atoms with Gasteiger partial charge in [0.05, 0.1) is 7.11 Å². The van der Waals surface area contributed by atoms with Gasteiger partial charge in [0.25, 0.3) is 0 Å². The van der Waals surface area contributed by atoms with Crippen molar-refractivity contribution < 1.29 is 14.6 Å². The quantitative estimate of drug-likeness (QED) is 0.826. The molecule has 3 nitrogen and oxygen atoms in total. The third-order valence-electron chi connectivity index (χ3n) is 2.46. The van der Waals surface area contributed by atoms with Gasteiger partial charge in [-0.15, -0.1) is 0 Å². The Hall–Kier alpha value is -1.51. The van der Waals surface area contributed by atoms with Gasteiger partial charge in [0.15, 0.2) is 0 Å². The molecule has 0 saturated heterocycles. The second-order valence-electron chi connectivity index (χ2n) is 3.64. The number of carboxylic acid groups (broad SMARTS) is 1. The summed E-state index contributed by atoms with van der Waals surface area (Å²) in [5, 5.41) is 8.61. The smallest absolute Gasteiger partial charge is 0.303 e. The maximum absolute atomic E-state index is 10.5. The molecular weight excluding hydrogens is 192 g/mol. The minimum Gasteiger partial charge on any atom is -0.496 e. The van der Waals surface area contributed by atoms with E-state index in [1.165, 1.54) is 0 Å². The molecule has 0 heterocycles. The fraction of sp³-hybridized carbons (Fsp3) is 0.417. The van der Waals surface area contributed by atoms with Crippen molar-refractivity contribution in [2.45, 2.75) is 26.7 Å². The number of benzene rings is 1. The lowest BCUT2D eigenvalue weighted by Crippen LogP contribution is -2.00. The van der Waals surface area contributed by atoms with Crippen LogP contribution in [0.3, 0.4) is 0 Å². The number of ether oxygens (including phenoxy) is 1. The van der Waals surface area contributed by atoms with Crippen molar-refractivity contribution in [2.75, 3.05) is 7.11 Å². The molecule has 82 valence electrons. The molecule has 0 radical (unpaired) electrons. The van der Waals surface area contributed by atoms with Gasteiger partial charge in [0.1, 0.15) is 5.75 Å². The molecule has 0 aliphatic carbocycles. The molecule has 0 fully saturated rings. The van der Waals surface area contributed by atoms with Crippen LogP contribution in [0.2, 0.25) is 0 Å². The first-order valence-corrected chi connectivity index (χ1v) is 4.90. The normalized spacial score (nSPS) is 10.1. The summed E-state index contributed by atoms with van der Waals surface area (Å²) in [6, 6.07) is 3.95. The van der Waals surface area contributed by atoms with E-state index in [0.29, 0.717) is 6.42 Å². The zero-order valence-corrected chi connectivity index (χ0v) is 9.33. The zero-order valence-electron chi connectivity index (χ0n) is 9.33. The highest BCUT2D eigenvalue weighted by Gasteiger charge is 2.06. The molecule has 0 bridgehead atoms. The van der Waals surface area contributed by atoms with E-state index < -0.39 is 5.97 Å². The van der Waals surface area contributed by atoms with Gasteiger partial charge in [0.2, 0.25) is 0 Å². The SMILES string of the molecule is COc1cc(C)c(CCC(=O)O)cc1C. The molecule has 0 saturated carbocycles. The highest BCUT2D eigenvalue weighted by Crippen LogP contribution is 2.23. The largest absolute Gasteiger partial charge is 0.496 e. The lowest BCUT2D eigenvalue weighted by Gasteiger charge is -2.10. The van der Waals surface area contributed by atoms with E-state index in [9.17, 15) is 4.79 Å². The molecule has 15 heavy (non-hydrogen) atoms. The average molecular weight is 208 g/mol. The molecule has 1 aromatic rings. The van der Waals surface area contributed by atoms with Crippen LogP contribution in [0.4, 0.5) is 0 Å². The fourth-order valence-electron chi connectivity index (χ4n) is 1.58. The molecule has 0 atom stereocenters. The van der Waals surface area contributed by atoms with Gasteiger partial charge >= 0.3 is 5.97 Å². The second-order valence-corrected chi connectivity index (χ2v) is 3.64. The molecular formula is C12H16O3. The summed E-state index contributed by atoms with van der Waals surface area (Å²) in [6.45, 7) is 3.93. The third kappa shape index (κ3) is 2.98. The number of rotatable bonds is 4. The first-order valence-electron chi connectivity index (χ1n) is 4.90. The van der Waals surface area contributed by atoms with Crippen molar-refractivity contribution in [3.8, 4) is 5.75 Å². The number of hydrogen-bond acceptors (Lipinski definition) is 2. The first kappa shape index (κ1) is 11.6. The molecule has 1 rings (SSSR count). The molecule has 0 unspecified atom stereocenters. The number of aryl methyl sites for hydroxylation is 3. The third-order valence-corrected chi connectivity index (χ3v) is 2.46. The Morgan fingerprint density at radius 1 is 1.33 bits per heavy atom. The fourth-order valence-corrected chi connectivity index (χ4v) is 1.58. The summed E-state index contributed by atoms with van der Waals surface area (Å²) in [5.74, 6) is 0.0921. The Kier molecular flexibility index (Phi) is 3.72. The summed E-state index contributed by atoms with van der Waals surface area (Å²) < 4.78 is 5.19. The summed E-state index contributed by atoms with van der Waals surface area (Å²) in [7, 11) is 1.64. The Morgan fingerprint density at radius 3 is 2.53 bits per heavy atom. The van der Waals surface area contributed by atoms with Gasteiger partial charge in [-0.3, -0.25) is 4.79 Å². The maximum Gasteiger partial charge on any atom is 0.303 e. The molecule has 0 aliphatic rings. The van der Waals surface area contributed by atoms with E-state index in [-0.39, 0.29) is 6.42 Å². The average Bonchev–Trinajstić information content (AvgIpc) is 2.18.